The van der Waals surface area contributed by atoms with Crippen molar-refractivity contribution in [3.8, 4) is 0 Å². The Hall–Kier alpha value is -1.76. The summed E-state index contributed by atoms with van der Waals surface area (Å²) in [5.41, 5.74) is 0. The van der Waals surface area contributed by atoms with Crippen LogP contribution in [0.5, 0.6) is 0 Å². The molecule has 2 rings (SSSR count). The van der Waals surface area contributed by atoms with Crippen LogP contribution in [0.1, 0.15) is 30.4 Å². The molecule has 2 aromatic heterocycles. The van der Waals surface area contributed by atoms with Gasteiger partial charge in [-0.15, -0.1) is 10.2 Å². The number of nitrogens with zero attached hydrogens (tertiary/aromatic N) is 5. The molecular formula is C9H14N6O. The average molecular weight is 222 g/mol. The lowest BCUT2D eigenvalue weighted by molar-refractivity contribution is 0.399. The van der Waals surface area contributed by atoms with Crippen molar-refractivity contribution in [2.24, 2.45) is 7.05 Å². The Morgan fingerprint density at radius 2 is 2.38 bits per heavy atom. The highest BCUT2D eigenvalue weighted by atomic mass is 16.4. The smallest absolute Gasteiger partial charge is 0.211 e. The molecule has 2 heterocycles. The quantitative estimate of drug-likeness (QED) is 0.804. The summed E-state index contributed by atoms with van der Waals surface area (Å²) in [7, 11) is 1.73. The first-order valence-electron chi connectivity index (χ1n) is 5.03. The van der Waals surface area contributed by atoms with E-state index in [1.54, 1.807) is 13.2 Å². The van der Waals surface area contributed by atoms with E-state index in [0.29, 0.717) is 18.3 Å². The van der Waals surface area contributed by atoms with Gasteiger partial charge in [0.15, 0.2) is 5.82 Å². The highest BCUT2D eigenvalue weighted by molar-refractivity contribution is 4.95. The fraction of sp³-hybridized carbons (Fsp3) is 0.556. The Bertz CT molecular complexity index is 462. The van der Waals surface area contributed by atoms with E-state index < -0.39 is 0 Å². The lowest BCUT2D eigenvalue weighted by Crippen LogP contribution is -2.19. The van der Waals surface area contributed by atoms with Gasteiger partial charge in [0.25, 0.3) is 0 Å². The van der Waals surface area contributed by atoms with Crippen molar-refractivity contribution in [2.75, 3.05) is 0 Å². The van der Waals surface area contributed by atoms with Crippen LogP contribution in [0.2, 0.25) is 0 Å². The normalized spacial score (nSPS) is 12.9. The van der Waals surface area contributed by atoms with Gasteiger partial charge in [-0.2, -0.15) is 4.80 Å². The van der Waals surface area contributed by atoms with Crippen LogP contribution < -0.4 is 5.32 Å². The Balaban J connectivity index is 1.91. The van der Waals surface area contributed by atoms with Gasteiger partial charge in [-0.25, -0.2) is 4.98 Å². The van der Waals surface area contributed by atoms with Gasteiger partial charge in [-0.05, 0) is 19.1 Å². The van der Waals surface area contributed by atoms with Crippen molar-refractivity contribution >= 4 is 0 Å². The summed E-state index contributed by atoms with van der Waals surface area (Å²) in [5, 5.41) is 14.9. The highest BCUT2D eigenvalue weighted by Gasteiger charge is 2.11. The number of hydrogen-bond acceptors (Lipinski definition) is 6. The second kappa shape index (κ2) is 4.40. The molecule has 16 heavy (non-hydrogen) atoms. The first-order chi connectivity index (χ1) is 7.65. The number of oxazole rings is 1. The Morgan fingerprint density at radius 3 is 2.94 bits per heavy atom. The molecule has 0 fully saturated rings. The van der Waals surface area contributed by atoms with Crippen LogP contribution >= 0.6 is 0 Å². The van der Waals surface area contributed by atoms with Gasteiger partial charge in [0.2, 0.25) is 5.89 Å². The van der Waals surface area contributed by atoms with Gasteiger partial charge in [0, 0.05) is 0 Å². The van der Waals surface area contributed by atoms with E-state index in [9.17, 15) is 0 Å². The van der Waals surface area contributed by atoms with Crippen LogP contribution in [0.25, 0.3) is 0 Å². The standard InChI is InChI=1S/C9H14N6O/c1-6-4-11-9(16-6)7(2)10-5-8-12-14-15(3)13-8/h4,7,10H,5H2,1-3H3. The van der Waals surface area contributed by atoms with E-state index in [-0.39, 0.29) is 6.04 Å². The molecule has 1 unspecified atom stereocenters. The number of rotatable bonds is 4. The van der Waals surface area contributed by atoms with E-state index >= 15 is 0 Å². The molecule has 0 amide bonds. The van der Waals surface area contributed by atoms with Crippen molar-refractivity contribution in [3.63, 3.8) is 0 Å². The average Bonchev–Trinajstić information content (AvgIpc) is 2.84. The van der Waals surface area contributed by atoms with Crippen molar-refractivity contribution in [3.05, 3.63) is 23.7 Å². The molecule has 0 aromatic carbocycles. The van der Waals surface area contributed by atoms with Crippen LogP contribution in [0.3, 0.4) is 0 Å². The molecule has 2 aromatic rings. The highest BCUT2D eigenvalue weighted by Crippen LogP contribution is 2.11. The van der Waals surface area contributed by atoms with Crippen molar-refractivity contribution in [1.82, 2.24) is 30.5 Å². The molecule has 0 bridgehead atoms. The van der Waals surface area contributed by atoms with E-state index in [0.717, 1.165) is 5.76 Å². The molecule has 0 radical (unpaired) electrons. The lowest BCUT2D eigenvalue weighted by atomic mass is 10.3. The summed E-state index contributed by atoms with van der Waals surface area (Å²) in [6.07, 6.45) is 1.70. The van der Waals surface area contributed by atoms with Crippen LogP contribution in [0, 0.1) is 6.92 Å². The van der Waals surface area contributed by atoms with Gasteiger partial charge >= 0.3 is 0 Å². The summed E-state index contributed by atoms with van der Waals surface area (Å²) in [6, 6.07) is 0.0255. The van der Waals surface area contributed by atoms with Crippen LogP contribution in [-0.4, -0.2) is 25.2 Å². The van der Waals surface area contributed by atoms with Crippen molar-refractivity contribution in [1.29, 1.82) is 0 Å². The first kappa shape index (κ1) is 10.7. The van der Waals surface area contributed by atoms with Crippen LogP contribution in [0.4, 0.5) is 0 Å². The summed E-state index contributed by atoms with van der Waals surface area (Å²) in [6.45, 7) is 4.38. The predicted molar refractivity (Wildman–Crippen MR) is 55.3 cm³/mol. The number of aromatic nitrogens is 5. The molecule has 0 saturated carbocycles. The minimum atomic E-state index is 0.0255. The SMILES string of the molecule is Cc1cnc(C(C)NCc2nnn(C)n2)o1. The Kier molecular flexibility index (Phi) is 2.95. The predicted octanol–water partition coefficient (Wildman–Crippen LogP) is 0.357. The minimum Gasteiger partial charge on any atom is -0.444 e. The maximum absolute atomic E-state index is 5.40. The molecule has 7 nitrogen and oxygen atoms in total. The molecule has 7 heteroatoms. The van der Waals surface area contributed by atoms with Gasteiger partial charge in [0.05, 0.1) is 25.8 Å². The second-order valence-electron chi connectivity index (χ2n) is 3.61. The fourth-order valence-electron chi connectivity index (χ4n) is 1.30. The summed E-state index contributed by atoms with van der Waals surface area (Å²) >= 11 is 0. The molecule has 0 aliphatic carbocycles. The van der Waals surface area contributed by atoms with Gasteiger partial charge in [-0.1, -0.05) is 0 Å². The van der Waals surface area contributed by atoms with Crippen LogP contribution in [0.15, 0.2) is 10.6 Å². The molecule has 0 aliphatic rings. The van der Waals surface area contributed by atoms with Crippen molar-refractivity contribution < 1.29 is 4.42 Å². The third kappa shape index (κ3) is 2.43. The largest absolute Gasteiger partial charge is 0.444 e. The zero-order chi connectivity index (χ0) is 11.5. The van der Waals surface area contributed by atoms with E-state index in [4.69, 9.17) is 4.42 Å². The molecule has 1 atom stereocenters. The molecule has 1 N–H and O–H groups in total. The molecule has 0 aliphatic heterocycles. The number of aryl methyl sites for hydroxylation is 2. The zero-order valence-electron chi connectivity index (χ0n) is 9.51. The summed E-state index contributed by atoms with van der Waals surface area (Å²) in [4.78, 5) is 5.57. The second-order valence-corrected chi connectivity index (χ2v) is 3.61. The first-order valence-corrected chi connectivity index (χ1v) is 5.03. The number of hydrogen-bond donors (Lipinski definition) is 1. The number of nitrogens with one attached hydrogen (secondary N) is 1. The molecule has 86 valence electrons. The number of tetrazole rings is 1. The third-order valence-electron chi connectivity index (χ3n) is 2.13. The Morgan fingerprint density at radius 1 is 1.56 bits per heavy atom. The van der Waals surface area contributed by atoms with Gasteiger partial charge in [0.1, 0.15) is 5.76 Å². The monoisotopic (exact) mass is 222 g/mol. The maximum Gasteiger partial charge on any atom is 0.211 e. The van der Waals surface area contributed by atoms with Gasteiger partial charge in [-0.3, -0.25) is 5.32 Å². The summed E-state index contributed by atoms with van der Waals surface area (Å²) < 4.78 is 5.40. The van der Waals surface area contributed by atoms with Crippen LogP contribution in [-0.2, 0) is 13.6 Å². The zero-order valence-corrected chi connectivity index (χ0v) is 9.51. The molecule has 0 saturated heterocycles. The minimum absolute atomic E-state index is 0.0255. The maximum atomic E-state index is 5.40. The Labute approximate surface area is 92.9 Å². The van der Waals surface area contributed by atoms with Gasteiger partial charge < -0.3 is 4.42 Å². The molecular weight excluding hydrogens is 208 g/mol. The molecule has 0 spiro atoms. The summed E-state index contributed by atoms with van der Waals surface area (Å²) in [5.74, 6) is 2.13. The fourth-order valence-corrected chi connectivity index (χ4v) is 1.30. The lowest BCUT2D eigenvalue weighted by Gasteiger charge is -2.07. The van der Waals surface area contributed by atoms with E-state index in [2.05, 4.69) is 25.7 Å². The van der Waals surface area contributed by atoms with Crippen molar-refractivity contribution in [2.45, 2.75) is 26.4 Å². The van der Waals surface area contributed by atoms with E-state index in [1.807, 2.05) is 13.8 Å². The third-order valence-corrected chi connectivity index (χ3v) is 2.13. The van der Waals surface area contributed by atoms with E-state index in [1.165, 1.54) is 4.80 Å². The topological polar surface area (TPSA) is 81.7 Å².